The lowest BCUT2D eigenvalue weighted by atomic mass is 10.0. The molecule has 0 aliphatic heterocycles. The van der Waals surface area contributed by atoms with Crippen LogP contribution < -0.4 is 9.62 Å². The Morgan fingerprint density at radius 1 is 0.930 bits per heavy atom. The van der Waals surface area contributed by atoms with E-state index in [1.807, 2.05) is 13.8 Å². The van der Waals surface area contributed by atoms with Gasteiger partial charge in [-0.2, -0.15) is 13.2 Å². The number of nitrogens with zero attached hydrogens (tertiary/aromatic N) is 2. The number of alkyl halides is 3. The van der Waals surface area contributed by atoms with Crippen LogP contribution in [0.1, 0.15) is 30.5 Å². The molecule has 7 nitrogen and oxygen atoms in total. The molecule has 0 aliphatic rings. The number of halogens is 5. The molecule has 3 rings (SSSR count). The second kappa shape index (κ2) is 14.5. The lowest BCUT2D eigenvalue weighted by Crippen LogP contribution is -2.53. The quantitative estimate of drug-likeness (QED) is 0.252. The third kappa shape index (κ3) is 9.61. The summed E-state index contributed by atoms with van der Waals surface area (Å²) in [6, 6.07) is 16.1. The zero-order chi connectivity index (χ0) is 31.9. The van der Waals surface area contributed by atoms with Crippen LogP contribution in [0, 0.1) is 5.92 Å². The summed E-state index contributed by atoms with van der Waals surface area (Å²) in [6.45, 7) is 2.95. The van der Waals surface area contributed by atoms with Gasteiger partial charge in [-0.1, -0.05) is 79.5 Å². The van der Waals surface area contributed by atoms with Gasteiger partial charge in [0, 0.05) is 35.1 Å². The molecular weight excluding hydrogens is 626 g/mol. The van der Waals surface area contributed by atoms with Gasteiger partial charge in [-0.05, 0) is 41.8 Å². The van der Waals surface area contributed by atoms with E-state index in [2.05, 4.69) is 5.32 Å². The van der Waals surface area contributed by atoms with E-state index in [1.165, 1.54) is 4.90 Å². The molecule has 0 spiro atoms. The first-order valence-corrected chi connectivity index (χ1v) is 15.9. The molecule has 3 aromatic carbocycles. The van der Waals surface area contributed by atoms with Crippen molar-refractivity contribution in [3.05, 3.63) is 99.5 Å². The molecule has 0 bridgehead atoms. The largest absolute Gasteiger partial charge is 0.416 e. The summed E-state index contributed by atoms with van der Waals surface area (Å²) in [5.41, 5.74) is -0.405. The first-order valence-electron chi connectivity index (χ1n) is 13.3. The van der Waals surface area contributed by atoms with Crippen molar-refractivity contribution in [3.63, 3.8) is 0 Å². The monoisotopic (exact) mass is 657 g/mol. The average molecular weight is 659 g/mol. The summed E-state index contributed by atoms with van der Waals surface area (Å²) in [7, 11) is -4.26. The molecule has 0 heterocycles. The highest BCUT2D eigenvalue weighted by Crippen LogP contribution is 2.33. The van der Waals surface area contributed by atoms with E-state index in [0.717, 1.165) is 24.5 Å². The van der Waals surface area contributed by atoms with Crippen molar-refractivity contribution < 1.29 is 31.2 Å². The van der Waals surface area contributed by atoms with Gasteiger partial charge in [0.1, 0.15) is 12.6 Å². The van der Waals surface area contributed by atoms with Crippen LogP contribution in [0.25, 0.3) is 0 Å². The van der Waals surface area contributed by atoms with E-state index in [-0.39, 0.29) is 34.6 Å². The number of sulfonamides is 1. The number of carbonyl (C=O) groups is 2. The molecule has 0 aliphatic carbocycles. The molecule has 3 aromatic rings. The Balaban J connectivity index is 2.12. The van der Waals surface area contributed by atoms with Crippen molar-refractivity contribution in [3.8, 4) is 0 Å². The van der Waals surface area contributed by atoms with Gasteiger partial charge in [-0.25, -0.2) is 8.42 Å². The van der Waals surface area contributed by atoms with Crippen LogP contribution in [0.5, 0.6) is 0 Å². The molecule has 13 heteroatoms. The van der Waals surface area contributed by atoms with Gasteiger partial charge in [0.2, 0.25) is 21.8 Å². The molecule has 232 valence electrons. The van der Waals surface area contributed by atoms with Crippen LogP contribution in [0.2, 0.25) is 10.0 Å². The standard InChI is InChI=1S/C30H32Cl2F3N3O4S/c1-20(2)17-36-29(40)27(15-21-9-5-4-6-10-21)37(18-24-25(31)13-8-14-26(24)32)28(39)19-38(43(3,41)42)23-12-7-11-22(16-23)30(33,34)35/h4-14,16,20,27H,15,17-19H2,1-3H3,(H,36,40)/t27-/m1/s1. The third-order valence-electron chi connectivity index (χ3n) is 6.49. The molecule has 0 fully saturated rings. The Kier molecular flexibility index (Phi) is 11.5. The zero-order valence-corrected chi connectivity index (χ0v) is 26.1. The lowest BCUT2D eigenvalue weighted by molar-refractivity contribution is -0.140. The lowest BCUT2D eigenvalue weighted by Gasteiger charge is -2.34. The predicted octanol–water partition coefficient (Wildman–Crippen LogP) is 6.19. The number of rotatable bonds is 12. The molecule has 0 saturated heterocycles. The SMILES string of the molecule is CC(C)CNC(=O)[C@@H](Cc1ccccc1)N(Cc1c(Cl)cccc1Cl)C(=O)CN(c1cccc(C(F)(F)F)c1)S(C)(=O)=O. The van der Waals surface area contributed by atoms with Crippen molar-refractivity contribution in [2.75, 3.05) is 23.7 Å². The molecule has 1 N–H and O–H groups in total. The maximum Gasteiger partial charge on any atom is 0.416 e. The number of amides is 2. The fourth-order valence-electron chi connectivity index (χ4n) is 4.28. The van der Waals surface area contributed by atoms with E-state index >= 15 is 0 Å². The Morgan fingerprint density at radius 3 is 2.09 bits per heavy atom. The maximum absolute atomic E-state index is 14.1. The van der Waals surface area contributed by atoms with Crippen molar-refractivity contribution in [1.82, 2.24) is 10.2 Å². The normalized spacial score (nSPS) is 12.6. The zero-order valence-electron chi connectivity index (χ0n) is 23.7. The van der Waals surface area contributed by atoms with Crippen LogP contribution in [0.3, 0.4) is 0 Å². The summed E-state index contributed by atoms with van der Waals surface area (Å²) in [5, 5.41) is 3.26. The van der Waals surface area contributed by atoms with Crippen LogP contribution >= 0.6 is 23.2 Å². The highest BCUT2D eigenvalue weighted by atomic mass is 35.5. The Morgan fingerprint density at radius 2 is 1.53 bits per heavy atom. The smallest absolute Gasteiger partial charge is 0.354 e. The van der Waals surface area contributed by atoms with E-state index in [0.29, 0.717) is 28.0 Å². The number of nitrogens with one attached hydrogen (secondary N) is 1. The minimum absolute atomic E-state index is 0.0566. The first-order chi connectivity index (χ1) is 20.1. The van der Waals surface area contributed by atoms with Crippen LogP contribution in [-0.4, -0.2) is 50.5 Å². The van der Waals surface area contributed by atoms with E-state index in [1.54, 1.807) is 48.5 Å². The molecule has 43 heavy (non-hydrogen) atoms. The van der Waals surface area contributed by atoms with Gasteiger partial charge >= 0.3 is 6.18 Å². The van der Waals surface area contributed by atoms with Gasteiger partial charge in [0.25, 0.3) is 0 Å². The number of hydrogen-bond donors (Lipinski definition) is 1. The minimum Gasteiger partial charge on any atom is -0.354 e. The fourth-order valence-corrected chi connectivity index (χ4v) is 5.64. The molecule has 2 amide bonds. The van der Waals surface area contributed by atoms with Crippen molar-refractivity contribution in [1.29, 1.82) is 0 Å². The number of benzene rings is 3. The summed E-state index contributed by atoms with van der Waals surface area (Å²) in [5.74, 6) is -1.26. The van der Waals surface area contributed by atoms with Crippen LogP contribution in [0.4, 0.5) is 18.9 Å². The fraction of sp³-hybridized carbons (Fsp3) is 0.333. The molecule has 0 radical (unpaired) electrons. The van der Waals surface area contributed by atoms with Gasteiger partial charge in [-0.15, -0.1) is 0 Å². The molecule has 0 unspecified atom stereocenters. The molecular formula is C30H32Cl2F3N3O4S. The Bertz CT molecular complexity index is 1520. The summed E-state index contributed by atoms with van der Waals surface area (Å²) in [6.07, 6.45) is -3.90. The molecule has 1 atom stereocenters. The predicted molar refractivity (Wildman–Crippen MR) is 162 cm³/mol. The summed E-state index contributed by atoms with van der Waals surface area (Å²) >= 11 is 12.8. The van der Waals surface area contributed by atoms with Gasteiger partial charge in [0.05, 0.1) is 17.5 Å². The Labute approximate surface area is 259 Å². The first kappa shape index (κ1) is 34.2. The topological polar surface area (TPSA) is 86.8 Å². The number of carbonyl (C=O) groups excluding carboxylic acids is 2. The van der Waals surface area contributed by atoms with Crippen molar-refractivity contribution >= 4 is 50.7 Å². The van der Waals surface area contributed by atoms with E-state index in [9.17, 15) is 31.2 Å². The molecule has 0 aromatic heterocycles. The van der Waals surface area contributed by atoms with Gasteiger partial charge < -0.3 is 10.2 Å². The third-order valence-corrected chi connectivity index (χ3v) is 8.34. The second-order valence-electron chi connectivity index (χ2n) is 10.4. The average Bonchev–Trinajstić information content (AvgIpc) is 2.93. The Hall–Kier alpha value is -3.28. The van der Waals surface area contributed by atoms with Gasteiger partial charge in [-0.3, -0.25) is 13.9 Å². The van der Waals surface area contributed by atoms with E-state index < -0.39 is 46.2 Å². The van der Waals surface area contributed by atoms with Crippen LogP contribution in [0.15, 0.2) is 72.8 Å². The number of anilines is 1. The number of hydrogen-bond acceptors (Lipinski definition) is 4. The minimum atomic E-state index is -4.74. The summed E-state index contributed by atoms with van der Waals surface area (Å²) in [4.78, 5) is 28.9. The van der Waals surface area contributed by atoms with Gasteiger partial charge in [0.15, 0.2) is 0 Å². The van der Waals surface area contributed by atoms with Crippen LogP contribution in [-0.2, 0) is 38.8 Å². The molecule has 0 saturated carbocycles. The van der Waals surface area contributed by atoms with Crippen molar-refractivity contribution in [2.45, 2.75) is 39.0 Å². The highest BCUT2D eigenvalue weighted by molar-refractivity contribution is 7.92. The van der Waals surface area contributed by atoms with E-state index in [4.69, 9.17) is 23.2 Å². The summed E-state index contributed by atoms with van der Waals surface area (Å²) < 4.78 is 66.6. The van der Waals surface area contributed by atoms with Crippen molar-refractivity contribution in [2.24, 2.45) is 5.92 Å². The second-order valence-corrected chi connectivity index (χ2v) is 13.1. The highest BCUT2D eigenvalue weighted by Gasteiger charge is 2.35. The maximum atomic E-state index is 14.1.